The van der Waals surface area contributed by atoms with Crippen LogP contribution in [0.25, 0.3) is 5.69 Å². The third kappa shape index (κ3) is 6.02. The highest BCUT2D eigenvalue weighted by Crippen LogP contribution is 2.16. The Morgan fingerprint density at radius 1 is 1.10 bits per heavy atom. The van der Waals surface area contributed by atoms with Crippen LogP contribution in [0.5, 0.6) is 0 Å². The van der Waals surface area contributed by atoms with Crippen LogP contribution in [0.2, 0.25) is 0 Å². The van der Waals surface area contributed by atoms with Gasteiger partial charge in [0.05, 0.1) is 16.9 Å². The molecule has 7 nitrogen and oxygen atoms in total. The fraction of sp³-hybridized carbons (Fsp3) is 0.304. The summed E-state index contributed by atoms with van der Waals surface area (Å²) in [6, 6.07) is 13.4. The van der Waals surface area contributed by atoms with Gasteiger partial charge in [-0.3, -0.25) is 4.79 Å². The Hall–Kier alpha value is -2.97. The molecule has 1 amide bonds. The van der Waals surface area contributed by atoms with Gasteiger partial charge in [-0.05, 0) is 43.0 Å². The average molecular weight is 441 g/mol. The Morgan fingerprint density at radius 2 is 1.81 bits per heavy atom. The first kappa shape index (κ1) is 22.7. The highest BCUT2D eigenvalue weighted by molar-refractivity contribution is 7.89. The molecule has 3 rings (SSSR count). The van der Waals surface area contributed by atoms with Crippen molar-refractivity contribution in [1.82, 2.24) is 19.6 Å². The van der Waals surface area contributed by atoms with Gasteiger partial charge in [0.15, 0.2) is 0 Å². The van der Waals surface area contributed by atoms with Crippen LogP contribution in [0, 0.1) is 12.8 Å². The molecule has 0 aliphatic heterocycles. The molecule has 0 aliphatic carbocycles. The number of carbonyl (C=O) groups is 1. The lowest BCUT2D eigenvalue weighted by Gasteiger charge is -2.21. The number of nitrogens with one attached hydrogen (secondary N) is 2. The number of rotatable bonds is 9. The molecule has 0 saturated carbocycles. The van der Waals surface area contributed by atoms with Crippen molar-refractivity contribution in [1.29, 1.82) is 0 Å². The van der Waals surface area contributed by atoms with Crippen molar-refractivity contribution in [2.45, 2.75) is 44.7 Å². The zero-order chi connectivity index (χ0) is 22.4. The predicted octanol–water partition coefficient (Wildman–Crippen LogP) is 3.19. The van der Waals surface area contributed by atoms with E-state index in [-0.39, 0.29) is 23.3 Å². The molecule has 0 aliphatic rings. The molecule has 0 saturated heterocycles. The van der Waals surface area contributed by atoms with E-state index in [1.165, 1.54) is 0 Å². The van der Waals surface area contributed by atoms with Crippen molar-refractivity contribution in [3.63, 3.8) is 0 Å². The van der Waals surface area contributed by atoms with E-state index in [0.717, 1.165) is 16.8 Å². The zero-order valence-electron chi connectivity index (χ0n) is 17.9. The largest absolute Gasteiger partial charge is 0.351 e. The molecule has 164 valence electrons. The number of imidazole rings is 1. The lowest BCUT2D eigenvalue weighted by Crippen LogP contribution is -2.47. The number of nitrogens with zero attached hydrogens (tertiary/aromatic N) is 2. The maximum absolute atomic E-state index is 13.0. The van der Waals surface area contributed by atoms with Crippen LogP contribution in [-0.4, -0.2) is 29.9 Å². The van der Waals surface area contributed by atoms with Crippen molar-refractivity contribution in [3.05, 3.63) is 78.4 Å². The average Bonchev–Trinajstić information content (AvgIpc) is 3.26. The third-order valence-corrected chi connectivity index (χ3v) is 6.37. The molecule has 0 bridgehead atoms. The number of aryl methyl sites for hydroxylation is 1. The van der Waals surface area contributed by atoms with E-state index in [0.29, 0.717) is 6.42 Å². The summed E-state index contributed by atoms with van der Waals surface area (Å²) in [6.07, 6.45) is 5.60. The van der Waals surface area contributed by atoms with Gasteiger partial charge in [0.1, 0.15) is 6.04 Å². The fourth-order valence-corrected chi connectivity index (χ4v) is 4.48. The smallest absolute Gasteiger partial charge is 0.241 e. The molecule has 1 unspecified atom stereocenters. The van der Waals surface area contributed by atoms with Crippen molar-refractivity contribution < 1.29 is 13.2 Å². The highest BCUT2D eigenvalue weighted by Gasteiger charge is 2.26. The second kappa shape index (κ2) is 9.89. The first-order chi connectivity index (χ1) is 14.8. The molecule has 1 atom stereocenters. The molecule has 0 radical (unpaired) electrons. The number of benzene rings is 2. The Bertz CT molecular complexity index is 1110. The monoisotopic (exact) mass is 440 g/mol. The second-order valence-corrected chi connectivity index (χ2v) is 9.65. The standard InChI is InChI=1S/C23H28N4O3S/c1-17(2)14-21(26-31(29,30)20-10-8-18(3)9-11-20)23(28)25-15-19-6-4-5-7-22(19)27-13-12-24-16-27/h4-13,16-17,21,26H,14-15H2,1-3H3,(H,25,28). The van der Waals surface area contributed by atoms with E-state index in [9.17, 15) is 13.2 Å². The van der Waals surface area contributed by atoms with E-state index >= 15 is 0 Å². The van der Waals surface area contributed by atoms with Gasteiger partial charge in [0.25, 0.3) is 0 Å². The van der Waals surface area contributed by atoms with E-state index in [2.05, 4.69) is 15.0 Å². The van der Waals surface area contributed by atoms with E-state index in [1.54, 1.807) is 36.8 Å². The van der Waals surface area contributed by atoms with Crippen molar-refractivity contribution in [3.8, 4) is 5.69 Å². The first-order valence-electron chi connectivity index (χ1n) is 10.2. The number of carbonyl (C=O) groups excluding carboxylic acids is 1. The number of aromatic nitrogens is 2. The Morgan fingerprint density at radius 3 is 2.45 bits per heavy atom. The molecule has 1 heterocycles. The van der Waals surface area contributed by atoms with Crippen LogP contribution < -0.4 is 10.0 Å². The summed E-state index contributed by atoms with van der Waals surface area (Å²) < 4.78 is 30.1. The maximum atomic E-state index is 13.0. The summed E-state index contributed by atoms with van der Waals surface area (Å²) in [5.74, 6) is -0.223. The molecule has 2 aromatic carbocycles. The molecular weight excluding hydrogens is 412 g/mol. The maximum Gasteiger partial charge on any atom is 0.241 e. The zero-order valence-corrected chi connectivity index (χ0v) is 18.8. The van der Waals surface area contributed by atoms with Crippen LogP contribution in [0.1, 0.15) is 31.4 Å². The third-order valence-electron chi connectivity index (χ3n) is 4.88. The minimum absolute atomic E-state index is 0.134. The summed E-state index contributed by atoms with van der Waals surface area (Å²) in [4.78, 5) is 17.2. The number of hydrogen-bond donors (Lipinski definition) is 2. The van der Waals surface area contributed by atoms with Crippen molar-refractivity contribution in [2.75, 3.05) is 0 Å². The van der Waals surface area contributed by atoms with Gasteiger partial charge in [0, 0.05) is 18.9 Å². The number of sulfonamides is 1. The molecular formula is C23H28N4O3S. The quantitative estimate of drug-likeness (QED) is 0.534. The van der Waals surface area contributed by atoms with Gasteiger partial charge in [-0.1, -0.05) is 49.7 Å². The highest BCUT2D eigenvalue weighted by atomic mass is 32.2. The minimum atomic E-state index is -3.82. The summed E-state index contributed by atoms with van der Waals surface area (Å²) in [7, 11) is -3.82. The predicted molar refractivity (Wildman–Crippen MR) is 120 cm³/mol. The summed E-state index contributed by atoms with van der Waals surface area (Å²) in [5, 5.41) is 2.89. The van der Waals surface area contributed by atoms with Gasteiger partial charge in [0.2, 0.25) is 15.9 Å². The molecule has 1 aromatic heterocycles. The normalized spacial score (nSPS) is 12.6. The lowest BCUT2D eigenvalue weighted by molar-refractivity contribution is -0.123. The van der Waals surface area contributed by atoms with Crippen LogP contribution >= 0.6 is 0 Å². The topological polar surface area (TPSA) is 93.1 Å². The first-order valence-corrected chi connectivity index (χ1v) is 11.7. The SMILES string of the molecule is Cc1ccc(S(=O)(=O)NC(CC(C)C)C(=O)NCc2ccccc2-n2ccnc2)cc1. The number of hydrogen-bond acceptors (Lipinski definition) is 4. The van der Waals surface area contributed by atoms with Gasteiger partial charge < -0.3 is 9.88 Å². The van der Waals surface area contributed by atoms with Gasteiger partial charge in [-0.15, -0.1) is 0 Å². The summed E-state index contributed by atoms with van der Waals surface area (Å²) in [6.45, 7) is 6.07. The van der Waals surface area contributed by atoms with Crippen molar-refractivity contribution >= 4 is 15.9 Å². The van der Waals surface area contributed by atoms with Crippen LogP contribution in [0.4, 0.5) is 0 Å². The Labute approximate surface area is 183 Å². The van der Waals surface area contributed by atoms with E-state index in [1.807, 2.05) is 55.8 Å². The molecule has 2 N–H and O–H groups in total. The molecule has 31 heavy (non-hydrogen) atoms. The van der Waals surface area contributed by atoms with Crippen molar-refractivity contribution in [2.24, 2.45) is 5.92 Å². The molecule has 0 fully saturated rings. The lowest BCUT2D eigenvalue weighted by atomic mass is 10.0. The number of para-hydroxylation sites is 1. The fourth-order valence-electron chi connectivity index (χ4n) is 3.27. The second-order valence-electron chi connectivity index (χ2n) is 7.93. The summed E-state index contributed by atoms with van der Waals surface area (Å²) in [5.41, 5.74) is 2.77. The van der Waals surface area contributed by atoms with Crippen LogP contribution in [0.15, 0.2) is 72.1 Å². The minimum Gasteiger partial charge on any atom is -0.351 e. The Kier molecular flexibility index (Phi) is 7.25. The Balaban J connectivity index is 1.75. The van der Waals surface area contributed by atoms with Gasteiger partial charge >= 0.3 is 0 Å². The van der Waals surface area contributed by atoms with Gasteiger partial charge in [-0.25, -0.2) is 13.4 Å². The molecule has 3 aromatic rings. The molecule has 0 spiro atoms. The number of amides is 1. The van der Waals surface area contributed by atoms with Crippen LogP contribution in [0.3, 0.4) is 0 Å². The molecule has 8 heteroatoms. The van der Waals surface area contributed by atoms with Crippen LogP contribution in [-0.2, 0) is 21.4 Å². The van der Waals surface area contributed by atoms with E-state index in [4.69, 9.17) is 0 Å². The van der Waals surface area contributed by atoms with E-state index < -0.39 is 16.1 Å². The van der Waals surface area contributed by atoms with Gasteiger partial charge in [-0.2, -0.15) is 4.72 Å². The summed E-state index contributed by atoms with van der Waals surface area (Å²) >= 11 is 0.